The van der Waals surface area contributed by atoms with Gasteiger partial charge in [-0.2, -0.15) is 0 Å². The molecule has 9 heteroatoms. The smallest absolute Gasteiger partial charge is 0.411 e. The van der Waals surface area contributed by atoms with E-state index in [1.807, 2.05) is 0 Å². The molecule has 0 atom stereocenters. The molecule has 0 radical (unpaired) electrons. The molecule has 0 spiro atoms. The highest BCUT2D eigenvalue weighted by Crippen LogP contribution is 2.34. The number of rotatable bonds is 4. The van der Waals surface area contributed by atoms with Gasteiger partial charge in [0.25, 0.3) is 5.69 Å². The highest BCUT2D eigenvalue weighted by molar-refractivity contribution is 6.30. The molecular weight excluding hydrogens is 331 g/mol. The fraction of sp³-hybridized carbons (Fsp3) is 0.0714. The monoisotopic (exact) mass is 340 g/mol. The Balaban J connectivity index is 2.37. The number of carbonyl (C=O) groups is 1. The Labute approximate surface area is 134 Å². The topological polar surface area (TPSA) is 92.9 Å². The minimum absolute atomic E-state index is 0.0851. The van der Waals surface area contributed by atoms with Gasteiger partial charge >= 0.3 is 6.09 Å². The third kappa shape index (κ3) is 3.67. The summed E-state index contributed by atoms with van der Waals surface area (Å²) < 4.78 is 18.5. The van der Waals surface area contributed by atoms with Gasteiger partial charge in [0.15, 0.2) is 0 Å². The average Bonchev–Trinajstić information content (AvgIpc) is 2.50. The molecule has 0 aliphatic carbocycles. The molecule has 0 aromatic heterocycles. The molecule has 0 aliphatic heterocycles. The maximum absolute atomic E-state index is 13.1. The molecule has 2 rings (SSSR count). The number of nitro groups is 1. The van der Waals surface area contributed by atoms with Crippen molar-refractivity contribution < 1.29 is 24.0 Å². The van der Waals surface area contributed by atoms with E-state index in [-0.39, 0.29) is 22.2 Å². The first kappa shape index (κ1) is 16.5. The Morgan fingerprint density at radius 2 is 1.91 bits per heavy atom. The van der Waals surface area contributed by atoms with Gasteiger partial charge in [0.1, 0.15) is 23.0 Å². The summed E-state index contributed by atoms with van der Waals surface area (Å²) in [5, 5.41) is 19.9. The third-order valence-corrected chi connectivity index (χ3v) is 3.21. The molecule has 0 heterocycles. The first-order valence-corrected chi connectivity index (χ1v) is 6.55. The van der Waals surface area contributed by atoms with Gasteiger partial charge in [-0.3, -0.25) is 15.0 Å². The zero-order valence-corrected chi connectivity index (χ0v) is 12.5. The maximum atomic E-state index is 13.1. The normalized spacial score (nSPS) is 10.2. The zero-order valence-electron chi connectivity index (χ0n) is 11.7. The molecule has 0 unspecified atom stereocenters. The Hall–Kier alpha value is -2.87. The van der Waals surface area contributed by atoms with Crippen LogP contribution in [-0.2, 0) is 0 Å². The SMILES string of the molecule is CN(C(=O)O)c1ccc(Oc2ccc(F)c(Cl)c2)cc1[N+](=O)[O-]. The van der Waals surface area contributed by atoms with Crippen LogP contribution in [0.4, 0.5) is 20.6 Å². The van der Waals surface area contributed by atoms with Crippen molar-refractivity contribution in [2.24, 2.45) is 0 Å². The number of benzene rings is 2. The van der Waals surface area contributed by atoms with Crippen LogP contribution < -0.4 is 9.64 Å². The lowest BCUT2D eigenvalue weighted by Crippen LogP contribution is -2.24. The molecule has 120 valence electrons. The van der Waals surface area contributed by atoms with Gasteiger partial charge in [0.2, 0.25) is 0 Å². The summed E-state index contributed by atoms with van der Waals surface area (Å²) in [6.45, 7) is 0. The van der Waals surface area contributed by atoms with E-state index in [9.17, 15) is 19.3 Å². The van der Waals surface area contributed by atoms with E-state index in [4.69, 9.17) is 21.4 Å². The molecule has 2 aromatic carbocycles. The van der Waals surface area contributed by atoms with Gasteiger partial charge in [-0.1, -0.05) is 11.6 Å². The van der Waals surface area contributed by atoms with Crippen molar-refractivity contribution in [3.63, 3.8) is 0 Å². The number of nitrogens with zero attached hydrogens (tertiary/aromatic N) is 2. The Bertz CT molecular complexity index is 784. The van der Waals surface area contributed by atoms with E-state index in [1.165, 1.54) is 31.3 Å². The van der Waals surface area contributed by atoms with Crippen LogP contribution in [0.5, 0.6) is 11.5 Å². The second kappa shape index (κ2) is 6.49. The van der Waals surface area contributed by atoms with Gasteiger partial charge in [-0.25, -0.2) is 9.18 Å². The predicted molar refractivity (Wildman–Crippen MR) is 81.0 cm³/mol. The van der Waals surface area contributed by atoms with Gasteiger partial charge in [0, 0.05) is 13.1 Å². The second-order valence-corrected chi connectivity index (χ2v) is 4.83. The lowest BCUT2D eigenvalue weighted by Gasteiger charge is -2.14. The van der Waals surface area contributed by atoms with E-state index in [2.05, 4.69) is 0 Å². The van der Waals surface area contributed by atoms with Crippen molar-refractivity contribution in [1.82, 2.24) is 0 Å². The standard InChI is InChI=1S/C14H10ClFN2O5/c1-17(14(19)20)12-5-3-9(7-13(12)18(21)22)23-8-2-4-11(16)10(15)6-8/h2-7H,1H3,(H,19,20). The van der Waals surface area contributed by atoms with Gasteiger partial charge in [-0.05, 0) is 24.3 Å². The number of anilines is 1. The van der Waals surface area contributed by atoms with Crippen LogP contribution in [0.15, 0.2) is 36.4 Å². The highest BCUT2D eigenvalue weighted by Gasteiger charge is 2.22. The first-order chi connectivity index (χ1) is 10.8. The van der Waals surface area contributed by atoms with Gasteiger partial charge in [-0.15, -0.1) is 0 Å². The summed E-state index contributed by atoms with van der Waals surface area (Å²) in [4.78, 5) is 22.0. The minimum Gasteiger partial charge on any atom is -0.465 e. The van der Waals surface area contributed by atoms with Crippen LogP contribution in [0.2, 0.25) is 5.02 Å². The Morgan fingerprint density at radius 1 is 1.30 bits per heavy atom. The number of carboxylic acid groups (broad SMARTS) is 1. The molecule has 7 nitrogen and oxygen atoms in total. The van der Waals surface area contributed by atoms with Crippen LogP contribution >= 0.6 is 11.6 Å². The van der Waals surface area contributed by atoms with Crippen molar-refractivity contribution >= 4 is 29.1 Å². The van der Waals surface area contributed by atoms with E-state index in [0.29, 0.717) is 0 Å². The number of hydrogen-bond donors (Lipinski definition) is 1. The number of amides is 1. The van der Waals surface area contributed by atoms with Crippen LogP contribution in [0.25, 0.3) is 0 Å². The van der Waals surface area contributed by atoms with Crippen molar-refractivity contribution in [2.75, 3.05) is 11.9 Å². The summed E-state index contributed by atoms with van der Waals surface area (Å²) in [6, 6.07) is 7.31. The molecule has 0 fully saturated rings. The maximum Gasteiger partial charge on any atom is 0.411 e. The van der Waals surface area contributed by atoms with E-state index < -0.39 is 22.5 Å². The molecule has 0 saturated heterocycles. The Morgan fingerprint density at radius 3 is 2.48 bits per heavy atom. The molecule has 1 N–H and O–H groups in total. The van der Waals surface area contributed by atoms with Crippen molar-refractivity contribution in [3.8, 4) is 11.5 Å². The number of hydrogen-bond acceptors (Lipinski definition) is 4. The molecular formula is C14H10ClFN2O5. The molecule has 0 aliphatic rings. The third-order valence-electron chi connectivity index (χ3n) is 2.92. The molecule has 0 bridgehead atoms. The van der Waals surface area contributed by atoms with E-state index in [0.717, 1.165) is 17.0 Å². The predicted octanol–water partition coefficient (Wildman–Crippen LogP) is 4.29. The van der Waals surface area contributed by atoms with Crippen molar-refractivity contribution in [2.45, 2.75) is 0 Å². The van der Waals surface area contributed by atoms with Crippen LogP contribution in [0.1, 0.15) is 0 Å². The Kier molecular flexibility index (Phi) is 4.65. The summed E-state index contributed by atoms with van der Waals surface area (Å²) in [5.74, 6) is -0.352. The number of halogens is 2. The van der Waals surface area contributed by atoms with E-state index >= 15 is 0 Å². The molecule has 1 amide bonds. The van der Waals surface area contributed by atoms with Crippen LogP contribution in [0.3, 0.4) is 0 Å². The quantitative estimate of drug-likeness (QED) is 0.661. The number of ether oxygens (including phenoxy) is 1. The number of nitro benzene ring substituents is 1. The summed E-state index contributed by atoms with van der Waals surface area (Å²) >= 11 is 5.63. The lowest BCUT2D eigenvalue weighted by molar-refractivity contribution is -0.384. The van der Waals surface area contributed by atoms with Crippen molar-refractivity contribution in [3.05, 3.63) is 57.4 Å². The van der Waals surface area contributed by atoms with Crippen LogP contribution in [-0.4, -0.2) is 23.2 Å². The highest BCUT2D eigenvalue weighted by atomic mass is 35.5. The van der Waals surface area contributed by atoms with Crippen LogP contribution in [0, 0.1) is 15.9 Å². The van der Waals surface area contributed by atoms with Gasteiger partial charge in [0.05, 0.1) is 16.0 Å². The zero-order chi connectivity index (χ0) is 17.1. The largest absolute Gasteiger partial charge is 0.465 e. The first-order valence-electron chi connectivity index (χ1n) is 6.17. The summed E-state index contributed by atoms with van der Waals surface area (Å²) in [5.41, 5.74) is -0.549. The van der Waals surface area contributed by atoms with Crippen molar-refractivity contribution in [1.29, 1.82) is 0 Å². The minimum atomic E-state index is -1.34. The molecule has 2 aromatic rings. The molecule has 23 heavy (non-hydrogen) atoms. The summed E-state index contributed by atoms with van der Waals surface area (Å²) in [7, 11) is 1.19. The lowest BCUT2D eigenvalue weighted by atomic mass is 10.2. The molecule has 0 saturated carbocycles. The fourth-order valence-electron chi connectivity index (χ4n) is 1.78. The fourth-order valence-corrected chi connectivity index (χ4v) is 1.95. The van der Waals surface area contributed by atoms with E-state index in [1.54, 1.807) is 0 Å². The summed E-state index contributed by atoms with van der Waals surface area (Å²) in [6.07, 6.45) is -1.34. The second-order valence-electron chi connectivity index (χ2n) is 4.43. The van der Waals surface area contributed by atoms with Gasteiger partial charge < -0.3 is 9.84 Å². The average molecular weight is 341 g/mol.